The summed E-state index contributed by atoms with van der Waals surface area (Å²) in [4.78, 5) is 24.0. The van der Waals surface area contributed by atoms with Gasteiger partial charge in [0.25, 0.3) is 0 Å². The Kier molecular flexibility index (Phi) is 7.90. The number of ether oxygens (including phenoxy) is 3. The Bertz CT molecular complexity index is 691. The van der Waals surface area contributed by atoms with Crippen LogP contribution in [0, 0.1) is 22.7 Å². The fraction of sp³-hybridized carbons (Fsp3) is 0.926. The van der Waals surface area contributed by atoms with Crippen molar-refractivity contribution < 1.29 is 28.9 Å². The molecule has 0 amide bonds. The molecule has 0 radical (unpaired) electrons. The van der Waals surface area contributed by atoms with E-state index in [0.29, 0.717) is 24.9 Å². The van der Waals surface area contributed by atoms with Gasteiger partial charge in [-0.25, -0.2) is 0 Å². The highest BCUT2D eigenvalue weighted by Crippen LogP contribution is 2.59. The summed E-state index contributed by atoms with van der Waals surface area (Å²) in [5.41, 5.74) is -1.71. The highest BCUT2D eigenvalue weighted by molar-refractivity contribution is 5.76. The topological polar surface area (TPSA) is 82.1 Å². The van der Waals surface area contributed by atoms with Gasteiger partial charge in [-0.05, 0) is 97.3 Å². The molecule has 190 valence electrons. The average Bonchev–Trinajstić information content (AvgIpc) is 2.72. The molecule has 0 aromatic heterocycles. The lowest BCUT2D eigenvalue weighted by molar-refractivity contribution is -0.225. The van der Waals surface area contributed by atoms with Crippen LogP contribution in [0.1, 0.15) is 112 Å². The molecule has 5 aliphatic rings. The van der Waals surface area contributed by atoms with Gasteiger partial charge in [-0.2, -0.15) is 0 Å². The van der Waals surface area contributed by atoms with Crippen LogP contribution in [0.3, 0.4) is 0 Å². The fourth-order valence-corrected chi connectivity index (χ4v) is 5.96. The van der Waals surface area contributed by atoms with Crippen molar-refractivity contribution in [2.24, 2.45) is 22.7 Å². The monoisotopic (exact) mass is 466 g/mol. The Morgan fingerprint density at radius 3 is 2.00 bits per heavy atom. The molecular weight excluding hydrogens is 420 g/mol. The van der Waals surface area contributed by atoms with E-state index < -0.39 is 11.0 Å². The van der Waals surface area contributed by atoms with E-state index in [2.05, 4.69) is 0 Å². The summed E-state index contributed by atoms with van der Waals surface area (Å²) in [7, 11) is 0. The molecule has 1 N–H and O–H groups in total. The zero-order valence-electron chi connectivity index (χ0n) is 21.7. The molecule has 1 saturated heterocycles. The number of esters is 2. The van der Waals surface area contributed by atoms with Crippen LogP contribution in [0.15, 0.2) is 0 Å². The lowest BCUT2D eigenvalue weighted by Gasteiger charge is -2.59. The molecule has 4 aliphatic carbocycles. The maximum atomic E-state index is 12.4. The summed E-state index contributed by atoms with van der Waals surface area (Å²) in [6, 6.07) is 0. The summed E-state index contributed by atoms with van der Waals surface area (Å²) in [6.07, 6.45) is 9.94. The average molecular weight is 467 g/mol. The third-order valence-corrected chi connectivity index (χ3v) is 8.54. The molecular formula is C27H46O6. The number of hydrogen-bond acceptors (Lipinski definition) is 6. The van der Waals surface area contributed by atoms with Gasteiger partial charge in [0.05, 0.1) is 23.0 Å². The van der Waals surface area contributed by atoms with Crippen LogP contribution in [-0.2, 0) is 23.8 Å². The zero-order valence-corrected chi connectivity index (χ0v) is 21.7. The summed E-state index contributed by atoms with van der Waals surface area (Å²) in [6.45, 7) is 12.4. The second-order valence-corrected chi connectivity index (χ2v) is 12.4. The second kappa shape index (κ2) is 9.85. The van der Waals surface area contributed by atoms with E-state index in [0.717, 1.165) is 57.8 Å². The first-order valence-electron chi connectivity index (χ1n) is 13.1. The van der Waals surface area contributed by atoms with Crippen molar-refractivity contribution in [3.8, 4) is 0 Å². The third-order valence-electron chi connectivity index (χ3n) is 8.54. The Hall–Kier alpha value is -1.14. The fourth-order valence-electron chi connectivity index (χ4n) is 5.96. The van der Waals surface area contributed by atoms with Crippen LogP contribution in [0.25, 0.3) is 0 Å². The van der Waals surface area contributed by atoms with Gasteiger partial charge < -0.3 is 19.3 Å². The maximum absolute atomic E-state index is 12.4. The van der Waals surface area contributed by atoms with E-state index in [1.54, 1.807) is 0 Å². The van der Waals surface area contributed by atoms with Crippen LogP contribution >= 0.6 is 0 Å². The molecule has 5 fully saturated rings. The van der Waals surface area contributed by atoms with Crippen LogP contribution in [0.2, 0.25) is 0 Å². The zero-order chi connectivity index (χ0) is 24.5. The van der Waals surface area contributed by atoms with Gasteiger partial charge >= 0.3 is 11.9 Å². The summed E-state index contributed by atoms with van der Waals surface area (Å²) in [5.74, 6) is 0.889. The molecule has 0 aromatic rings. The van der Waals surface area contributed by atoms with Crippen molar-refractivity contribution >= 4 is 11.9 Å². The Morgan fingerprint density at radius 2 is 1.52 bits per heavy atom. The number of rotatable bonds is 6. The van der Waals surface area contributed by atoms with Crippen molar-refractivity contribution in [2.45, 2.75) is 130 Å². The van der Waals surface area contributed by atoms with Crippen molar-refractivity contribution in [3.05, 3.63) is 0 Å². The minimum absolute atomic E-state index is 0.0828. The van der Waals surface area contributed by atoms with E-state index in [1.807, 2.05) is 41.5 Å². The lowest BCUT2D eigenvalue weighted by Crippen LogP contribution is -2.61. The summed E-state index contributed by atoms with van der Waals surface area (Å²) >= 11 is 0. The Morgan fingerprint density at radius 1 is 0.939 bits per heavy atom. The molecule has 5 rings (SSSR count). The van der Waals surface area contributed by atoms with Crippen LogP contribution in [0.5, 0.6) is 0 Å². The highest BCUT2D eigenvalue weighted by atomic mass is 16.7. The van der Waals surface area contributed by atoms with E-state index >= 15 is 0 Å². The third kappa shape index (κ3) is 6.30. The first-order valence-corrected chi connectivity index (χ1v) is 13.1. The minimum Gasteiger partial charge on any atom is -0.459 e. The predicted molar refractivity (Wildman–Crippen MR) is 126 cm³/mol. The van der Waals surface area contributed by atoms with E-state index in [4.69, 9.17) is 14.2 Å². The first kappa shape index (κ1) is 26.5. The van der Waals surface area contributed by atoms with Crippen molar-refractivity contribution in [1.29, 1.82) is 0 Å². The number of carbonyl (C=O) groups is 2. The largest absolute Gasteiger partial charge is 0.459 e. The predicted octanol–water partition coefficient (Wildman–Crippen LogP) is 5.54. The molecule has 6 nitrogen and oxygen atoms in total. The van der Waals surface area contributed by atoms with Crippen molar-refractivity contribution in [3.63, 3.8) is 0 Å². The standard InChI is InChI=1S/C16H26O3.C11H20O3/c1-4-14(2,3)13(17)19-16-8-11-5-12(9-16)7-15(18,6-11)10-16;1-4-11(2,3)10(12)14-9-7-5-6-8-13-9/h11-12,18H,4-10H2,1-3H3;9H,4-8H2,1-3H3. The normalized spacial score (nSPS) is 35.4. The number of aliphatic hydroxyl groups is 1. The van der Waals surface area contributed by atoms with E-state index in [9.17, 15) is 14.7 Å². The first-order chi connectivity index (χ1) is 15.3. The molecule has 3 unspecified atom stereocenters. The summed E-state index contributed by atoms with van der Waals surface area (Å²) < 4.78 is 16.6. The van der Waals surface area contributed by atoms with Crippen LogP contribution in [0.4, 0.5) is 0 Å². The molecule has 6 heteroatoms. The van der Waals surface area contributed by atoms with E-state index in [-0.39, 0.29) is 29.2 Å². The SMILES string of the molecule is CCC(C)(C)C(=O)OC12CC3CC(CC(O)(C3)C1)C2.CCC(C)(C)C(=O)OC1CCCCO1. The molecule has 0 aromatic carbocycles. The van der Waals surface area contributed by atoms with Gasteiger partial charge in [-0.15, -0.1) is 0 Å². The molecule has 3 atom stereocenters. The molecule has 33 heavy (non-hydrogen) atoms. The molecule has 0 spiro atoms. The number of hydrogen-bond donors (Lipinski definition) is 1. The van der Waals surface area contributed by atoms with Gasteiger partial charge in [0.15, 0.2) is 0 Å². The van der Waals surface area contributed by atoms with Crippen molar-refractivity contribution in [2.75, 3.05) is 6.61 Å². The summed E-state index contributed by atoms with van der Waals surface area (Å²) in [5, 5.41) is 10.6. The second-order valence-electron chi connectivity index (χ2n) is 12.4. The highest BCUT2D eigenvalue weighted by Gasteiger charge is 2.59. The maximum Gasteiger partial charge on any atom is 0.313 e. The Balaban J connectivity index is 0.000000196. The quantitative estimate of drug-likeness (QED) is 0.518. The molecule has 4 bridgehead atoms. The van der Waals surface area contributed by atoms with Crippen LogP contribution < -0.4 is 0 Å². The molecule has 4 saturated carbocycles. The van der Waals surface area contributed by atoms with Gasteiger partial charge in [0.1, 0.15) is 5.60 Å². The van der Waals surface area contributed by atoms with Crippen molar-refractivity contribution in [1.82, 2.24) is 0 Å². The number of carbonyl (C=O) groups excluding carboxylic acids is 2. The minimum atomic E-state index is -0.555. The van der Waals surface area contributed by atoms with Gasteiger partial charge in [0.2, 0.25) is 6.29 Å². The smallest absolute Gasteiger partial charge is 0.313 e. The Labute approximate surface area is 200 Å². The van der Waals surface area contributed by atoms with Gasteiger partial charge in [-0.3, -0.25) is 9.59 Å². The van der Waals surface area contributed by atoms with E-state index in [1.165, 1.54) is 6.42 Å². The lowest BCUT2D eigenvalue weighted by atomic mass is 9.52. The van der Waals surface area contributed by atoms with Crippen LogP contribution in [-0.4, -0.2) is 41.1 Å². The van der Waals surface area contributed by atoms with Gasteiger partial charge in [0, 0.05) is 12.8 Å². The molecule has 1 heterocycles. The van der Waals surface area contributed by atoms with Gasteiger partial charge in [-0.1, -0.05) is 13.8 Å². The molecule has 1 aliphatic heterocycles.